The molecule has 70 valence electrons. The van der Waals surface area contributed by atoms with E-state index in [0.29, 0.717) is 18.4 Å². The summed E-state index contributed by atoms with van der Waals surface area (Å²) in [6, 6.07) is 0. The van der Waals surface area contributed by atoms with Crippen molar-refractivity contribution in [2.75, 3.05) is 13.2 Å². The SMILES string of the molecule is CC(=O)OCC1CCCC1CO. The van der Waals surface area contributed by atoms with E-state index in [1.54, 1.807) is 0 Å². The van der Waals surface area contributed by atoms with Crippen molar-refractivity contribution < 1.29 is 14.6 Å². The second-order valence-electron chi connectivity index (χ2n) is 3.44. The highest BCUT2D eigenvalue weighted by atomic mass is 16.5. The number of carbonyl (C=O) groups excluding carboxylic acids is 1. The first-order chi connectivity index (χ1) is 5.74. The van der Waals surface area contributed by atoms with Crippen molar-refractivity contribution >= 4 is 5.97 Å². The van der Waals surface area contributed by atoms with Gasteiger partial charge in [0.05, 0.1) is 6.61 Å². The standard InChI is InChI=1S/C9H16O3/c1-7(11)12-6-9-4-2-3-8(9)5-10/h8-10H,2-6H2,1H3. The van der Waals surface area contributed by atoms with Crippen LogP contribution >= 0.6 is 0 Å². The highest BCUT2D eigenvalue weighted by Crippen LogP contribution is 2.31. The van der Waals surface area contributed by atoms with Gasteiger partial charge in [-0.1, -0.05) is 6.42 Å². The average molecular weight is 172 g/mol. The van der Waals surface area contributed by atoms with E-state index in [4.69, 9.17) is 9.84 Å². The van der Waals surface area contributed by atoms with Gasteiger partial charge in [-0.05, 0) is 24.7 Å². The summed E-state index contributed by atoms with van der Waals surface area (Å²) in [5.41, 5.74) is 0. The van der Waals surface area contributed by atoms with Crippen LogP contribution < -0.4 is 0 Å². The molecule has 0 aromatic heterocycles. The van der Waals surface area contributed by atoms with Crippen LogP contribution in [0.4, 0.5) is 0 Å². The monoisotopic (exact) mass is 172 g/mol. The van der Waals surface area contributed by atoms with Crippen molar-refractivity contribution in [3.8, 4) is 0 Å². The maximum absolute atomic E-state index is 10.5. The fourth-order valence-electron chi connectivity index (χ4n) is 1.80. The van der Waals surface area contributed by atoms with Gasteiger partial charge in [-0.25, -0.2) is 0 Å². The molecule has 2 atom stereocenters. The maximum atomic E-state index is 10.5. The van der Waals surface area contributed by atoms with Crippen molar-refractivity contribution in [1.82, 2.24) is 0 Å². The highest BCUT2D eigenvalue weighted by Gasteiger charge is 2.27. The van der Waals surface area contributed by atoms with Gasteiger partial charge in [0.25, 0.3) is 0 Å². The molecular formula is C9H16O3. The minimum atomic E-state index is -0.224. The van der Waals surface area contributed by atoms with E-state index in [2.05, 4.69) is 0 Å². The Morgan fingerprint density at radius 2 is 2.17 bits per heavy atom. The second-order valence-corrected chi connectivity index (χ2v) is 3.44. The van der Waals surface area contributed by atoms with Crippen LogP contribution in [0.25, 0.3) is 0 Å². The molecule has 0 heterocycles. The van der Waals surface area contributed by atoms with E-state index in [1.807, 2.05) is 0 Å². The summed E-state index contributed by atoms with van der Waals surface area (Å²) in [5.74, 6) is 0.516. The lowest BCUT2D eigenvalue weighted by Gasteiger charge is -2.16. The van der Waals surface area contributed by atoms with E-state index in [1.165, 1.54) is 6.92 Å². The van der Waals surface area contributed by atoms with Crippen LogP contribution in [0.1, 0.15) is 26.2 Å². The number of ether oxygens (including phenoxy) is 1. The lowest BCUT2D eigenvalue weighted by Crippen LogP contribution is -2.18. The van der Waals surface area contributed by atoms with Crippen LogP contribution in [0.3, 0.4) is 0 Å². The van der Waals surface area contributed by atoms with Crippen molar-refractivity contribution in [2.45, 2.75) is 26.2 Å². The van der Waals surface area contributed by atoms with Crippen molar-refractivity contribution in [1.29, 1.82) is 0 Å². The molecular weight excluding hydrogens is 156 g/mol. The fraction of sp³-hybridized carbons (Fsp3) is 0.889. The molecule has 0 aliphatic heterocycles. The molecule has 1 N–H and O–H groups in total. The topological polar surface area (TPSA) is 46.5 Å². The van der Waals surface area contributed by atoms with Gasteiger partial charge >= 0.3 is 5.97 Å². The molecule has 1 fully saturated rings. The Kier molecular flexibility index (Phi) is 3.53. The second kappa shape index (κ2) is 4.45. The average Bonchev–Trinajstić information content (AvgIpc) is 2.47. The maximum Gasteiger partial charge on any atom is 0.302 e. The molecule has 1 saturated carbocycles. The Labute approximate surface area is 72.7 Å². The van der Waals surface area contributed by atoms with Crippen LogP contribution in [0.15, 0.2) is 0 Å². The first-order valence-electron chi connectivity index (χ1n) is 4.48. The van der Waals surface area contributed by atoms with E-state index in [0.717, 1.165) is 19.3 Å². The molecule has 12 heavy (non-hydrogen) atoms. The molecule has 3 nitrogen and oxygen atoms in total. The molecule has 0 spiro atoms. The van der Waals surface area contributed by atoms with Crippen LogP contribution in [0.5, 0.6) is 0 Å². The molecule has 1 aliphatic rings. The van der Waals surface area contributed by atoms with Crippen LogP contribution in [0.2, 0.25) is 0 Å². The summed E-state index contributed by atoms with van der Waals surface area (Å²) in [4.78, 5) is 10.5. The Hall–Kier alpha value is -0.570. The zero-order valence-electron chi connectivity index (χ0n) is 7.45. The van der Waals surface area contributed by atoms with Crippen LogP contribution in [-0.4, -0.2) is 24.3 Å². The van der Waals surface area contributed by atoms with E-state index in [-0.39, 0.29) is 12.6 Å². The molecule has 1 aliphatic carbocycles. The van der Waals surface area contributed by atoms with Gasteiger partial charge in [-0.15, -0.1) is 0 Å². The highest BCUT2D eigenvalue weighted by molar-refractivity contribution is 5.65. The molecule has 2 unspecified atom stereocenters. The van der Waals surface area contributed by atoms with E-state index < -0.39 is 0 Å². The van der Waals surface area contributed by atoms with Crippen molar-refractivity contribution in [3.63, 3.8) is 0 Å². The van der Waals surface area contributed by atoms with Gasteiger partial charge in [0.15, 0.2) is 0 Å². The first-order valence-corrected chi connectivity index (χ1v) is 4.48. The van der Waals surface area contributed by atoms with Crippen molar-refractivity contribution in [2.24, 2.45) is 11.8 Å². The number of hydrogen-bond donors (Lipinski definition) is 1. The molecule has 0 saturated heterocycles. The van der Waals surface area contributed by atoms with Gasteiger partial charge < -0.3 is 9.84 Å². The number of aliphatic hydroxyl groups excluding tert-OH is 1. The molecule has 0 bridgehead atoms. The third kappa shape index (κ3) is 2.48. The quantitative estimate of drug-likeness (QED) is 0.645. The zero-order valence-corrected chi connectivity index (χ0v) is 7.45. The van der Waals surface area contributed by atoms with Gasteiger partial charge in [-0.3, -0.25) is 4.79 Å². The number of esters is 1. The number of hydrogen-bond acceptors (Lipinski definition) is 3. The van der Waals surface area contributed by atoms with E-state index in [9.17, 15) is 4.79 Å². The van der Waals surface area contributed by atoms with Gasteiger partial charge in [0.1, 0.15) is 0 Å². The fourth-order valence-corrected chi connectivity index (χ4v) is 1.80. The summed E-state index contributed by atoms with van der Waals surface area (Å²) in [6.45, 7) is 2.13. The summed E-state index contributed by atoms with van der Waals surface area (Å²) in [6.07, 6.45) is 3.30. The Balaban J connectivity index is 2.26. The first kappa shape index (κ1) is 9.52. The van der Waals surface area contributed by atoms with Gasteiger partial charge in [0.2, 0.25) is 0 Å². The van der Waals surface area contributed by atoms with Crippen molar-refractivity contribution in [3.05, 3.63) is 0 Å². The van der Waals surface area contributed by atoms with Crippen LogP contribution in [0, 0.1) is 11.8 Å². The van der Waals surface area contributed by atoms with E-state index >= 15 is 0 Å². The summed E-state index contributed by atoms with van der Waals surface area (Å²) in [7, 11) is 0. The third-order valence-corrected chi connectivity index (χ3v) is 2.55. The summed E-state index contributed by atoms with van der Waals surface area (Å²) < 4.78 is 4.91. The molecule has 0 radical (unpaired) electrons. The minimum absolute atomic E-state index is 0.224. The predicted molar refractivity (Wildman–Crippen MR) is 44.5 cm³/mol. The third-order valence-electron chi connectivity index (χ3n) is 2.55. The Morgan fingerprint density at radius 1 is 1.50 bits per heavy atom. The molecule has 0 amide bonds. The normalized spacial score (nSPS) is 28.8. The summed E-state index contributed by atoms with van der Waals surface area (Å²) >= 11 is 0. The lowest BCUT2D eigenvalue weighted by atomic mass is 9.98. The van der Waals surface area contributed by atoms with Gasteiger partial charge in [-0.2, -0.15) is 0 Å². The summed E-state index contributed by atoms with van der Waals surface area (Å²) in [5, 5.41) is 8.96. The minimum Gasteiger partial charge on any atom is -0.466 e. The molecule has 3 heteroatoms. The zero-order chi connectivity index (χ0) is 8.97. The van der Waals surface area contributed by atoms with Crippen LogP contribution in [-0.2, 0) is 9.53 Å². The Morgan fingerprint density at radius 3 is 2.75 bits per heavy atom. The Bertz CT molecular complexity index is 156. The largest absolute Gasteiger partial charge is 0.466 e. The molecule has 0 aromatic rings. The lowest BCUT2D eigenvalue weighted by molar-refractivity contribution is -0.142. The molecule has 0 aromatic carbocycles. The number of aliphatic hydroxyl groups is 1. The number of rotatable bonds is 3. The number of carbonyl (C=O) groups is 1. The smallest absolute Gasteiger partial charge is 0.302 e. The van der Waals surface area contributed by atoms with Gasteiger partial charge in [0, 0.05) is 13.5 Å². The molecule has 1 rings (SSSR count). The predicted octanol–water partition coefficient (Wildman–Crippen LogP) is 0.958.